The van der Waals surface area contributed by atoms with E-state index in [0.29, 0.717) is 12.4 Å². The minimum atomic E-state index is -3.94. The molecule has 0 aliphatic rings. The number of rotatable bonds is 4. The summed E-state index contributed by atoms with van der Waals surface area (Å²) in [5, 5.41) is 7.57. The Morgan fingerprint density at radius 3 is 2.57 bits per heavy atom. The molecule has 0 bridgehead atoms. The van der Waals surface area contributed by atoms with Crippen LogP contribution in [0.1, 0.15) is 19.4 Å². The molecule has 0 N–H and O–H groups in total. The Labute approximate surface area is 136 Å². The second kappa shape index (κ2) is 6.06. The predicted octanol–water partition coefficient (Wildman–Crippen LogP) is 3.60. The lowest BCUT2D eigenvalue weighted by molar-refractivity contribution is 0.488. The van der Waals surface area contributed by atoms with Gasteiger partial charge in [-0.15, -0.1) is 10.2 Å². The maximum absolute atomic E-state index is 11.7. The smallest absolute Gasteiger partial charge is 0.296 e. The molecule has 0 saturated heterocycles. The van der Waals surface area contributed by atoms with Crippen LogP contribution in [0.25, 0.3) is 11.4 Å². The molecule has 0 saturated carbocycles. The van der Waals surface area contributed by atoms with E-state index in [0.717, 1.165) is 15.6 Å². The van der Waals surface area contributed by atoms with Crippen molar-refractivity contribution in [2.24, 2.45) is 5.92 Å². The Balaban J connectivity index is 2.69. The molecule has 0 aliphatic carbocycles. The third-order valence-corrected chi connectivity index (χ3v) is 4.69. The van der Waals surface area contributed by atoms with Gasteiger partial charge >= 0.3 is 0 Å². The largest absolute Gasteiger partial charge is 0.297 e. The molecule has 1 heterocycles. The van der Waals surface area contributed by atoms with Crippen molar-refractivity contribution >= 4 is 35.7 Å². The molecular formula is C13H15BrClN3O2S. The summed E-state index contributed by atoms with van der Waals surface area (Å²) < 4.78 is 25.7. The summed E-state index contributed by atoms with van der Waals surface area (Å²) >= 11 is 3.46. The van der Waals surface area contributed by atoms with Crippen molar-refractivity contribution in [2.45, 2.75) is 32.5 Å². The average molecular weight is 393 g/mol. The molecule has 0 aliphatic heterocycles. The number of hydrogen-bond acceptors (Lipinski definition) is 4. The molecule has 0 unspecified atom stereocenters. The van der Waals surface area contributed by atoms with E-state index in [1.54, 1.807) is 4.57 Å². The number of aryl methyl sites for hydroxylation is 1. The Morgan fingerprint density at radius 2 is 2.00 bits per heavy atom. The summed E-state index contributed by atoms with van der Waals surface area (Å²) in [6.45, 7) is 6.39. The van der Waals surface area contributed by atoms with Gasteiger partial charge in [-0.3, -0.25) is 4.57 Å². The summed E-state index contributed by atoms with van der Waals surface area (Å²) in [5.74, 6) is 0.707. The fraction of sp³-hybridized carbons (Fsp3) is 0.385. The first-order valence-electron chi connectivity index (χ1n) is 6.34. The van der Waals surface area contributed by atoms with Crippen molar-refractivity contribution in [1.29, 1.82) is 0 Å². The van der Waals surface area contributed by atoms with Crippen molar-refractivity contribution in [3.63, 3.8) is 0 Å². The van der Waals surface area contributed by atoms with Crippen LogP contribution in [0, 0.1) is 12.8 Å². The molecule has 2 aromatic rings. The zero-order chi connectivity index (χ0) is 15.8. The quantitative estimate of drug-likeness (QED) is 0.746. The molecule has 2 rings (SSSR count). The molecule has 21 heavy (non-hydrogen) atoms. The van der Waals surface area contributed by atoms with Gasteiger partial charge in [-0.2, -0.15) is 0 Å². The van der Waals surface area contributed by atoms with Gasteiger partial charge in [0.2, 0.25) is 0 Å². The highest BCUT2D eigenvalue weighted by Crippen LogP contribution is 2.30. The highest BCUT2D eigenvalue weighted by molar-refractivity contribution is 9.10. The van der Waals surface area contributed by atoms with E-state index in [1.165, 1.54) is 0 Å². The van der Waals surface area contributed by atoms with Gasteiger partial charge in [0.1, 0.15) is 0 Å². The van der Waals surface area contributed by atoms with E-state index in [-0.39, 0.29) is 11.1 Å². The van der Waals surface area contributed by atoms with Crippen molar-refractivity contribution in [3.8, 4) is 11.4 Å². The van der Waals surface area contributed by atoms with E-state index < -0.39 is 9.05 Å². The van der Waals surface area contributed by atoms with Crippen LogP contribution in [0.15, 0.2) is 27.8 Å². The summed E-state index contributed by atoms with van der Waals surface area (Å²) in [4.78, 5) is 0. The Kier molecular flexibility index (Phi) is 4.75. The number of aromatic nitrogens is 3. The Morgan fingerprint density at radius 1 is 1.33 bits per heavy atom. The van der Waals surface area contributed by atoms with Crippen LogP contribution >= 0.6 is 26.6 Å². The SMILES string of the molecule is Cc1ccc(Br)c(-c2nnc(S(=O)(=O)Cl)n2CC(C)C)c1. The van der Waals surface area contributed by atoms with Crippen LogP contribution in [0.3, 0.4) is 0 Å². The minimum absolute atomic E-state index is 0.221. The lowest BCUT2D eigenvalue weighted by atomic mass is 10.1. The van der Waals surface area contributed by atoms with Gasteiger partial charge in [0.05, 0.1) is 0 Å². The van der Waals surface area contributed by atoms with Gasteiger partial charge in [-0.25, -0.2) is 8.42 Å². The molecular weight excluding hydrogens is 378 g/mol. The summed E-state index contributed by atoms with van der Waals surface area (Å²) in [6, 6.07) is 5.78. The maximum Gasteiger partial charge on any atom is 0.296 e. The Bertz CT molecular complexity index is 772. The minimum Gasteiger partial charge on any atom is -0.297 e. The van der Waals surface area contributed by atoms with E-state index in [4.69, 9.17) is 10.7 Å². The Hall–Kier alpha value is -0.920. The van der Waals surface area contributed by atoms with Crippen molar-refractivity contribution < 1.29 is 8.42 Å². The van der Waals surface area contributed by atoms with E-state index in [2.05, 4.69) is 26.1 Å². The number of nitrogens with zero attached hydrogens (tertiary/aromatic N) is 3. The van der Waals surface area contributed by atoms with E-state index in [1.807, 2.05) is 39.0 Å². The van der Waals surface area contributed by atoms with Crippen LogP contribution in [-0.2, 0) is 15.6 Å². The van der Waals surface area contributed by atoms with Crippen molar-refractivity contribution in [2.75, 3.05) is 0 Å². The topological polar surface area (TPSA) is 64.8 Å². The second-order valence-electron chi connectivity index (χ2n) is 5.23. The molecule has 8 heteroatoms. The fourth-order valence-electron chi connectivity index (χ4n) is 2.01. The highest BCUT2D eigenvalue weighted by atomic mass is 79.9. The van der Waals surface area contributed by atoms with Crippen LogP contribution in [-0.4, -0.2) is 23.2 Å². The number of benzene rings is 1. The zero-order valence-electron chi connectivity index (χ0n) is 11.8. The van der Waals surface area contributed by atoms with Gasteiger partial charge in [0.15, 0.2) is 5.82 Å². The van der Waals surface area contributed by atoms with Gasteiger partial charge < -0.3 is 0 Å². The van der Waals surface area contributed by atoms with Crippen molar-refractivity contribution in [3.05, 3.63) is 28.2 Å². The third kappa shape index (κ3) is 3.64. The standard InChI is InChI=1S/C13H15BrClN3O2S/c1-8(2)7-18-12(16-17-13(18)21(15,19)20)10-6-9(3)4-5-11(10)14/h4-6,8H,7H2,1-3H3. The first-order valence-corrected chi connectivity index (χ1v) is 9.44. The van der Waals surface area contributed by atoms with Crippen LogP contribution in [0.2, 0.25) is 0 Å². The number of hydrogen-bond donors (Lipinski definition) is 0. The molecule has 1 aromatic carbocycles. The second-order valence-corrected chi connectivity index (χ2v) is 8.55. The van der Waals surface area contributed by atoms with E-state index in [9.17, 15) is 8.42 Å². The third-order valence-electron chi connectivity index (χ3n) is 2.85. The van der Waals surface area contributed by atoms with Gasteiger partial charge in [0, 0.05) is 27.3 Å². The molecule has 0 amide bonds. The highest BCUT2D eigenvalue weighted by Gasteiger charge is 2.24. The van der Waals surface area contributed by atoms with Gasteiger partial charge in [-0.1, -0.05) is 41.4 Å². The molecule has 0 atom stereocenters. The monoisotopic (exact) mass is 391 g/mol. The lowest BCUT2D eigenvalue weighted by Gasteiger charge is -2.12. The predicted molar refractivity (Wildman–Crippen MR) is 85.8 cm³/mol. The molecule has 0 radical (unpaired) electrons. The van der Waals surface area contributed by atoms with Gasteiger partial charge in [-0.05, 0) is 25.0 Å². The molecule has 0 fully saturated rings. The zero-order valence-corrected chi connectivity index (χ0v) is 15.0. The first-order chi connectivity index (χ1) is 9.70. The van der Waals surface area contributed by atoms with Crippen LogP contribution in [0.5, 0.6) is 0 Å². The summed E-state index contributed by atoms with van der Waals surface area (Å²) in [6.07, 6.45) is 0. The number of halogens is 2. The fourth-order valence-corrected chi connectivity index (χ4v) is 3.34. The average Bonchev–Trinajstić information content (AvgIpc) is 2.74. The van der Waals surface area contributed by atoms with Crippen LogP contribution < -0.4 is 0 Å². The normalized spacial score (nSPS) is 12.1. The molecule has 1 aromatic heterocycles. The molecule has 114 valence electrons. The van der Waals surface area contributed by atoms with Crippen LogP contribution in [0.4, 0.5) is 0 Å². The van der Waals surface area contributed by atoms with E-state index >= 15 is 0 Å². The molecule has 0 spiro atoms. The lowest BCUT2D eigenvalue weighted by Crippen LogP contribution is -2.12. The molecule has 5 nitrogen and oxygen atoms in total. The summed E-state index contributed by atoms with van der Waals surface area (Å²) in [5.41, 5.74) is 1.83. The summed E-state index contributed by atoms with van der Waals surface area (Å²) in [7, 11) is 1.51. The van der Waals surface area contributed by atoms with Crippen molar-refractivity contribution in [1.82, 2.24) is 14.8 Å². The maximum atomic E-state index is 11.7. The van der Waals surface area contributed by atoms with Gasteiger partial charge in [0.25, 0.3) is 14.2 Å². The first kappa shape index (κ1) is 16.5.